The quantitative estimate of drug-likeness (QED) is 0.690. The van der Waals surface area contributed by atoms with E-state index >= 15 is 0 Å². The first-order valence-corrected chi connectivity index (χ1v) is 8.69. The maximum atomic E-state index is 12.1. The Balaban J connectivity index is 2.78. The summed E-state index contributed by atoms with van der Waals surface area (Å²) in [7, 11) is -2.18. The van der Waals surface area contributed by atoms with E-state index in [4.69, 9.17) is 5.73 Å². The van der Waals surface area contributed by atoms with Gasteiger partial charge < -0.3 is 11.1 Å². The van der Waals surface area contributed by atoms with Crippen LogP contribution in [-0.4, -0.2) is 34.0 Å². The Morgan fingerprint density at radius 1 is 1.45 bits per heavy atom. The molecular formula is C12H21N3O3S2. The molecule has 0 aliphatic carbocycles. The number of carbonyl (C=O) groups is 1. The second-order valence-corrected chi connectivity index (χ2v) is 7.69. The number of nitrogens with one attached hydrogen (secondary N) is 2. The van der Waals surface area contributed by atoms with Gasteiger partial charge in [-0.25, -0.2) is 13.1 Å². The Kier molecular flexibility index (Phi) is 6.12. The minimum Gasteiger partial charge on any atom is -0.347 e. The molecule has 1 atom stereocenters. The van der Waals surface area contributed by atoms with E-state index < -0.39 is 10.0 Å². The highest BCUT2D eigenvalue weighted by atomic mass is 32.2. The van der Waals surface area contributed by atoms with E-state index in [1.54, 1.807) is 0 Å². The number of carbonyl (C=O) groups excluding carboxylic acids is 1. The van der Waals surface area contributed by atoms with Crippen molar-refractivity contribution in [3.63, 3.8) is 0 Å². The van der Waals surface area contributed by atoms with Crippen LogP contribution in [0.15, 0.2) is 16.3 Å². The number of hydrogen-bond acceptors (Lipinski definition) is 5. The van der Waals surface area contributed by atoms with Crippen LogP contribution < -0.4 is 15.8 Å². The van der Waals surface area contributed by atoms with E-state index in [2.05, 4.69) is 23.9 Å². The van der Waals surface area contributed by atoms with Crippen LogP contribution >= 0.6 is 11.3 Å². The van der Waals surface area contributed by atoms with Crippen molar-refractivity contribution in [3.05, 3.63) is 16.3 Å². The van der Waals surface area contributed by atoms with E-state index in [0.717, 1.165) is 17.8 Å². The first-order chi connectivity index (χ1) is 9.30. The van der Waals surface area contributed by atoms with Crippen LogP contribution in [0.5, 0.6) is 0 Å². The Morgan fingerprint density at radius 2 is 2.10 bits per heavy atom. The van der Waals surface area contributed by atoms with E-state index in [-0.39, 0.29) is 16.8 Å². The predicted molar refractivity (Wildman–Crippen MR) is 80.3 cm³/mol. The average Bonchev–Trinajstić information content (AvgIpc) is 2.87. The second-order valence-electron chi connectivity index (χ2n) is 4.89. The van der Waals surface area contributed by atoms with Gasteiger partial charge in [0.25, 0.3) is 5.91 Å². The molecule has 1 amide bonds. The third kappa shape index (κ3) is 4.55. The molecule has 0 radical (unpaired) electrons. The summed E-state index contributed by atoms with van der Waals surface area (Å²) in [6.45, 7) is 4.46. The van der Waals surface area contributed by atoms with Gasteiger partial charge in [-0.15, -0.1) is 11.3 Å². The fourth-order valence-electron chi connectivity index (χ4n) is 1.74. The van der Waals surface area contributed by atoms with Crippen LogP contribution in [0.2, 0.25) is 0 Å². The number of amides is 1. The highest BCUT2D eigenvalue weighted by Gasteiger charge is 2.19. The molecule has 0 bridgehead atoms. The lowest BCUT2D eigenvalue weighted by Crippen LogP contribution is -2.40. The predicted octanol–water partition coefficient (Wildman–Crippen LogP) is 0.759. The molecule has 1 rings (SSSR count). The highest BCUT2D eigenvalue weighted by Crippen LogP contribution is 2.19. The molecule has 1 aromatic rings. The molecule has 114 valence electrons. The van der Waals surface area contributed by atoms with Gasteiger partial charge >= 0.3 is 0 Å². The summed E-state index contributed by atoms with van der Waals surface area (Å²) >= 11 is 1.10. The third-order valence-corrected chi connectivity index (χ3v) is 5.23. The van der Waals surface area contributed by atoms with Crippen molar-refractivity contribution >= 4 is 27.3 Å². The van der Waals surface area contributed by atoms with Crippen molar-refractivity contribution in [1.29, 1.82) is 0 Å². The molecule has 4 N–H and O–H groups in total. The summed E-state index contributed by atoms with van der Waals surface area (Å²) in [5.74, 6) is 0.135. The van der Waals surface area contributed by atoms with Gasteiger partial charge in [-0.05, 0) is 25.5 Å². The average molecular weight is 319 g/mol. The smallest absolute Gasteiger partial charge is 0.261 e. The van der Waals surface area contributed by atoms with E-state index in [0.29, 0.717) is 17.3 Å². The first-order valence-electron chi connectivity index (χ1n) is 6.33. The standard InChI is InChI=1S/C12H21N3O3S2/c1-8(2)4-9(6-13)15-12(16)11-5-10(7-19-11)20(17,18)14-3/h5,7-9,14H,4,6,13H2,1-3H3,(H,15,16). The lowest BCUT2D eigenvalue weighted by molar-refractivity contribution is 0.0938. The molecular weight excluding hydrogens is 298 g/mol. The van der Waals surface area contributed by atoms with Gasteiger partial charge in [0.05, 0.1) is 9.77 Å². The van der Waals surface area contributed by atoms with Crippen molar-refractivity contribution in [1.82, 2.24) is 10.0 Å². The Bertz CT molecular complexity index is 552. The molecule has 0 spiro atoms. The van der Waals surface area contributed by atoms with Crippen LogP contribution in [0.1, 0.15) is 29.9 Å². The molecule has 1 aromatic heterocycles. The number of hydrogen-bond donors (Lipinski definition) is 3. The molecule has 0 saturated carbocycles. The van der Waals surface area contributed by atoms with Crippen LogP contribution in [-0.2, 0) is 10.0 Å². The fourth-order valence-corrected chi connectivity index (χ4v) is 3.64. The van der Waals surface area contributed by atoms with Crippen molar-refractivity contribution in [2.45, 2.75) is 31.2 Å². The van der Waals surface area contributed by atoms with Gasteiger partial charge in [-0.2, -0.15) is 0 Å². The van der Waals surface area contributed by atoms with Crippen molar-refractivity contribution in [2.24, 2.45) is 11.7 Å². The van der Waals surface area contributed by atoms with Crippen LogP contribution in [0.25, 0.3) is 0 Å². The van der Waals surface area contributed by atoms with Gasteiger partial charge in [-0.3, -0.25) is 4.79 Å². The minimum atomic E-state index is -3.51. The van der Waals surface area contributed by atoms with Crippen LogP contribution in [0.4, 0.5) is 0 Å². The van der Waals surface area contributed by atoms with Gasteiger partial charge in [-0.1, -0.05) is 13.8 Å². The monoisotopic (exact) mass is 319 g/mol. The SMILES string of the molecule is CNS(=O)(=O)c1csc(C(=O)NC(CN)CC(C)C)c1. The molecule has 1 heterocycles. The molecule has 6 nitrogen and oxygen atoms in total. The molecule has 0 aromatic carbocycles. The zero-order valence-electron chi connectivity index (χ0n) is 11.8. The minimum absolute atomic E-state index is 0.100. The maximum absolute atomic E-state index is 12.1. The summed E-state index contributed by atoms with van der Waals surface area (Å²) in [5, 5.41) is 4.27. The summed E-state index contributed by atoms with van der Waals surface area (Å²) < 4.78 is 25.4. The van der Waals surface area contributed by atoms with Crippen LogP contribution in [0, 0.1) is 5.92 Å². The number of thiophene rings is 1. The second kappa shape index (κ2) is 7.16. The Morgan fingerprint density at radius 3 is 2.60 bits per heavy atom. The molecule has 0 aliphatic heterocycles. The topological polar surface area (TPSA) is 101 Å². The van der Waals surface area contributed by atoms with Crippen molar-refractivity contribution in [2.75, 3.05) is 13.6 Å². The molecule has 20 heavy (non-hydrogen) atoms. The number of rotatable bonds is 7. The normalized spacial score (nSPS) is 13.4. The number of sulfonamides is 1. The Hall–Kier alpha value is -0.960. The van der Waals surface area contributed by atoms with Gasteiger partial charge in [0.2, 0.25) is 10.0 Å². The third-order valence-electron chi connectivity index (χ3n) is 2.75. The van der Waals surface area contributed by atoms with Gasteiger partial charge in [0.1, 0.15) is 0 Å². The van der Waals surface area contributed by atoms with Crippen molar-refractivity contribution in [3.8, 4) is 0 Å². The first kappa shape index (κ1) is 17.1. The Labute approximate surface area is 123 Å². The molecule has 0 fully saturated rings. The molecule has 0 aliphatic rings. The van der Waals surface area contributed by atoms with Crippen molar-refractivity contribution < 1.29 is 13.2 Å². The zero-order chi connectivity index (χ0) is 15.3. The summed E-state index contributed by atoms with van der Waals surface area (Å²) in [6, 6.07) is 1.27. The summed E-state index contributed by atoms with van der Waals surface area (Å²) in [6.07, 6.45) is 0.787. The van der Waals surface area contributed by atoms with Gasteiger partial charge in [0.15, 0.2) is 0 Å². The van der Waals surface area contributed by atoms with E-state index in [9.17, 15) is 13.2 Å². The lowest BCUT2D eigenvalue weighted by atomic mass is 10.0. The molecule has 1 unspecified atom stereocenters. The number of nitrogens with two attached hydrogens (primary N) is 1. The zero-order valence-corrected chi connectivity index (χ0v) is 13.5. The van der Waals surface area contributed by atoms with Gasteiger partial charge in [0, 0.05) is 18.0 Å². The summed E-state index contributed by atoms with van der Waals surface area (Å²) in [5.41, 5.74) is 5.63. The maximum Gasteiger partial charge on any atom is 0.261 e. The van der Waals surface area contributed by atoms with E-state index in [1.165, 1.54) is 18.5 Å². The lowest BCUT2D eigenvalue weighted by Gasteiger charge is -2.18. The largest absolute Gasteiger partial charge is 0.347 e. The summed E-state index contributed by atoms with van der Waals surface area (Å²) in [4.78, 5) is 12.5. The van der Waals surface area contributed by atoms with Crippen LogP contribution in [0.3, 0.4) is 0 Å². The molecule has 8 heteroatoms. The molecule has 0 saturated heterocycles. The van der Waals surface area contributed by atoms with E-state index in [1.807, 2.05) is 0 Å². The fraction of sp³-hybridized carbons (Fsp3) is 0.583. The highest BCUT2D eigenvalue weighted by molar-refractivity contribution is 7.89.